The zero-order chi connectivity index (χ0) is 18.4. The molecule has 26 heavy (non-hydrogen) atoms. The number of amides is 1. The van der Waals surface area contributed by atoms with Crippen LogP contribution in [0.3, 0.4) is 0 Å². The second-order valence-corrected chi connectivity index (χ2v) is 6.99. The van der Waals surface area contributed by atoms with Crippen LogP contribution >= 0.6 is 0 Å². The molecule has 2 aromatic rings. The summed E-state index contributed by atoms with van der Waals surface area (Å²) in [6.45, 7) is 7.53. The summed E-state index contributed by atoms with van der Waals surface area (Å²) in [5.41, 5.74) is 3.32. The van der Waals surface area contributed by atoms with Crippen LogP contribution < -0.4 is 10.1 Å². The van der Waals surface area contributed by atoms with Gasteiger partial charge >= 0.3 is 0 Å². The van der Waals surface area contributed by atoms with Gasteiger partial charge in [0.1, 0.15) is 5.75 Å². The first-order valence-corrected chi connectivity index (χ1v) is 9.45. The summed E-state index contributed by atoms with van der Waals surface area (Å²) >= 11 is 0. The van der Waals surface area contributed by atoms with E-state index in [0.717, 1.165) is 49.5 Å². The van der Waals surface area contributed by atoms with Crippen molar-refractivity contribution in [3.8, 4) is 5.75 Å². The van der Waals surface area contributed by atoms with E-state index in [0.29, 0.717) is 6.61 Å². The van der Waals surface area contributed by atoms with E-state index in [1.54, 1.807) is 0 Å². The van der Waals surface area contributed by atoms with E-state index in [4.69, 9.17) is 4.74 Å². The summed E-state index contributed by atoms with van der Waals surface area (Å²) in [5.74, 6) is 1.17. The number of aryl methyl sites for hydroxylation is 1. The first kappa shape index (κ1) is 18.5. The molecule has 0 unspecified atom stereocenters. The molecule has 0 aliphatic carbocycles. The highest BCUT2D eigenvalue weighted by Crippen LogP contribution is 2.22. The SMILES string of the molecule is CCOc1cccc(CN2CCC(C(=O)Nc3cccc(C)c3)CC2)c1. The molecule has 138 valence electrons. The van der Waals surface area contributed by atoms with E-state index < -0.39 is 0 Å². The van der Waals surface area contributed by atoms with Crippen LogP contribution in [-0.4, -0.2) is 30.5 Å². The zero-order valence-corrected chi connectivity index (χ0v) is 15.7. The molecule has 0 bridgehead atoms. The minimum Gasteiger partial charge on any atom is -0.494 e. The summed E-state index contributed by atoms with van der Waals surface area (Å²) in [6, 6.07) is 16.3. The Balaban J connectivity index is 1.49. The van der Waals surface area contributed by atoms with Crippen molar-refractivity contribution in [1.82, 2.24) is 4.90 Å². The average Bonchev–Trinajstić information content (AvgIpc) is 2.63. The van der Waals surface area contributed by atoms with Crippen molar-refractivity contribution in [2.75, 3.05) is 25.0 Å². The molecule has 0 spiro atoms. The van der Waals surface area contributed by atoms with E-state index in [1.165, 1.54) is 5.56 Å². The number of piperidine rings is 1. The lowest BCUT2D eigenvalue weighted by atomic mass is 9.95. The summed E-state index contributed by atoms with van der Waals surface area (Å²) < 4.78 is 5.58. The Morgan fingerprint density at radius 1 is 1.15 bits per heavy atom. The van der Waals surface area contributed by atoms with Crippen LogP contribution in [-0.2, 0) is 11.3 Å². The molecule has 1 amide bonds. The van der Waals surface area contributed by atoms with E-state index >= 15 is 0 Å². The predicted octanol–water partition coefficient (Wildman–Crippen LogP) is 4.24. The number of hydrogen-bond donors (Lipinski definition) is 1. The maximum Gasteiger partial charge on any atom is 0.227 e. The van der Waals surface area contributed by atoms with Gasteiger partial charge in [-0.3, -0.25) is 9.69 Å². The normalized spacial score (nSPS) is 15.6. The second-order valence-electron chi connectivity index (χ2n) is 6.99. The molecule has 1 saturated heterocycles. The number of anilines is 1. The van der Waals surface area contributed by atoms with E-state index in [2.05, 4.69) is 22.3 Å². The van der Waals surface area contributed by atoms with Gasteiger partial charge in [0.05, 0.1) is 6.61 Å². The quantitative estimate of drug-likeness (QED) is 0.845. The number of ether oxygens (including phenoxy) is 1. The Hall–Kier alpha value is -2.33. The van der Waals surface area contributed by atoms with Crippen molar-refractivity contribution in [3.05, 3.63) is 59.7 Å². The number of nitrogens with zero attached hydrogens (tertiary/aromatic N) is 1. The first-order valence-electron chi connectivity index (χ1n) is 9.45. The molecule has 4 nitrogen and oxygen atoms in total. The Labute approximate surface area is 156 Å². The van der Waals surface area contributed by atoms with Gasteiger partial charge in [0.2, 0.25) is 5.91 Å². The lowest BCUT2D eigenvalue weighted by molar-refractivity contribution is -0.121. The van der Waals surface area contributed by atoms with Crippen LogP contribution in [0.5, 0.6) is 5.75 Å². The molecule has 0 radical (unpaired) electrons. The van der Waals surface area contributed by atoms with Crippen molar-refractivity contribution in [3.63, 3.8) is 0 Å². The van der Waals surface area contributed by atoms with Gasteiger partial charge in [-0.15, -0.1) is 0 Å². The Kier molecular flexibility index (Phi) is 6.29. The number of carbonyl (C=O) groups excluding carboxylic acids is 1. The number of likely N-dealkylation sites (tertiary alicyclic amines) is 1. The molecule has 0 atom stereocenters. The number of carbonyl (C=O) groups is 1. The highest BCUT2D eigenvalue weighted by atomic mass is 16.5. The fourth-order valence-electron chi connectivity index (χ4n) is 3.48. The lowest BCUT2D eigenvalue weighted by Crippen LogP contribution is -2.37. The number of benzene rings is 2. The van der Waals surface area contributed by atoms with E-state index in [1.807, 2.05) is 50.2 Å². The molecule has 1 aliphatic rings. The third-order valence-electron chi connectivity index (χ3n) is 4.86. The van der Waals surface area contributed by atoms with Gasteiger partial charge in [0.15, 0.2) is 0 Å². The van der Waals surface area contributed by atoms with Gasteiger partial charge in [0.25, 0.3) is 0 Å². The minimum absolute atomic E-state index is 0.0986. The lowest BCUT2D eigenvalue weighted by Gasteiger charge is -2.31. The molecular formula is C22H28N2O2. The topological polar surface area (TPSA) is 41.6 Å². The third-order valence-corrected chi connectivity index (χ3v) is 4.86. The maximum atomic E-state index is 12.5. The largest absolute Gasteiger partial charge is 0.494 e. The van der Waals surface area contributed by atoms with Gasteiger partial charge in [-0.2, -0.15) is 0 Å². The molecular weight excluding hydrogens is 324 g/mol. The van der Waals surface area contributed by atoms with Crippen LogP contribution in [0.1, 0.15) is 30.9 Å². The number of hydrogen-bond acceptors (Lipinski definition) is 3. The Bertz CT molecular complexity index is 736. The van der Waals surface area contributed by atoms with E-state index in [9.17, 15) is 4.79 Å². The molecule has 0 aromatic heterocycles. The van der Waals surface area contributed by atoms with Crippen LogP contribution in [0, 0.1) is 12.8 Å². The third kappa shape index (κ3) is 5.09. The maximum absolute atomic E-state index is 12.5. The minimum atomic E-state index is 0.0986. The molecule has 1 N–H and O–H groups in total. The monoisotopic (exact) mass is 352 g/mol. The van der Waals surface area contributed by atoms with Crippen molar-refractivity contribution >= 4 is 11.6 Å². The van der Waals surface area contributed by atoms with Crippen molar-refractivity contribution in [2.45, 2.75) is 33.2 Å². The van der Waals surface area contributed by atoms with Crippen LogP contribution in [0.15, 0.2) is 48.5 Å². The molecule has 1 aliphatic heterocycles. The Morgan fingerprint density at radius 3 is 2.65 bits per heavy atom. The fraction of sp³-hybridized carbons (Fsp3) is 0.409. The van der Waals surface area contributed by atoms with Gasteiger partial charge < -0.3 is 10.1 Å². The van der Waals surface area contributed by atoms with Crippen molar-refractivity contribution in [1.29, 1.82) is 0 Å². The first-order chi connectivity index (χ1) is 12.6. The molecule has 3 rings (SSSR count). The summed E-state index contributed by atoms with van der Waals surface area (Å²) in [7, 11) is 0. The molecule has 1 heterocycles. The average molecular weight is 352 g/mol. The summed E-state index contributed by atoms with van der Waals surface area (Å²) in [4.78, 5) is 14.9. The Morgan fingerprint density at radius 2 is 1.92 bits per heavy atom. The summed E-state index contributed by atoms with van der Waals surface area (Å²) in [6.07, 6.45) is 1.81. The number of nitrogens with one attached hydrogen (secondary N) is 1. The van der Waals surface area contributed by atoms with Gasteiger partial charge in [-0.25, -0.2) is 0 Å². The summed E-state index contributed by atoms with van der Waals surface area (Å²) in [5, 5.41) is 3.06. The smallest absolute Gasteiger partial charge is 0.227 e. The van der Waals surface area contributed by atoms with Gasteiger partial charge in [-0.1, -0.05) is 24.3 Å². The van der Waals surface area contributed by atoms with Crippen LogP contribution in [0.25, 0.3) is 0 Å². The van der Waals surface area contributed by atoms with Gasteiger partial charge in [0, 0.05) is 18.2 Å². The molecule has 1 fully saturated rings. The van der Waals surface area contributed by atoms with Crippen LogP contribution in [0.4, 0.5) is 5.69 Å². The van der Waals surface area contributed by atoms with Crippen molar-refractivity contribution in [2.24, 2.45) is 5.92 Å². The highest BCUT2D eigenvalue weighted by Gasteiger charge is 2.25. The molecule has 2 aromatic carbocycles. The molecule has 0 saturated carbocycles. The second kappa shape index (κ2) is 8.86. The van der Waals surface area contributed by atoms with Crippen LogP contribution in [0.2, 0.25) is 0 Å². The standard InChI is InChI=1S/C22H28N2O2/c1-3-26-21-9-5-7-18(15-21)16-24-12-10-19(11-13-24)22(25)23-20-8-4-6-17(2)14-20/h4-9,14-15,19H,3,10-13,16H2,1-2H3,(H,23,25). The zero-order valence-electron chi connectivity index (χ0n) is 15.7. The molecule has 4 heteroatoms. The van der Waals surface area contributed by atoms with E-state index in [-0.39, 0.29) is 11.8 Å². The fourth-order valence-corrected chi connectivity index (χ4v) is 3.48. The van der Waals surface area contributed by atoms with Gasteiger partial charge in [-0.05, 0) is 75.2 Å². The number of rotatable bonds is 6. The van der Waals surface area contributed by atoms with Crippen molar-refractivity contribution < 1.29 is 9.53 Å². The predicted molar refractivity (Wildman–Crippen MR) is 105 cm³/mol. The highest BCUT2D eigenvalue weighted by molar-refractivity contribution is 5.92.